The molecule has 0 fully saturated rings. The summed E-state index contributed by atoms with van der Waals surface area (Å²) in [6.07, 6.45) is 1.39. The van der Waals surface area contributed by atoms with E-state index >= 15 is 0 Å². The molecule has 2 N–H and O–H groups in total. The van der Waals surface area contributed by atoms with Crippen molar-refractivity contribution in [3.05, 3.63) is 41.7 Å². The molecule has 0 radical (unpaired) electrons. The van der Waals surface area contributed by atoms with Gasteiger partial charge >= 0.3 is 0 Å². The van der Waals surface area contributed by atoms with Crippen LogP contribution in [0.5, 0.6) is 0 Å². The maximum Gasteiger partial charge on any atom is 0.166 e. The number of hydrogen-bond acceptors (Lipinski definition) is 4. The lowest BCUT2D eigenvalue weighted by Gasteiger charge is -2.19. The van der Waals surface area contributed by atoms with Gasteiger partial charge in [-0.05, 0) is 11.0 Å². The lowest BCUT2D eigenvalue weighted by Crippen LogP contribution is -2.10. The molecule has 96 valence electrons. The SMILES string of the molecule is CC(C)(C)c1ccc(-c2nc(N)cnc2C#N)cc1. The monoisotopic (exact) mass is 252 g/mol. The lowest BCUT2D eigenvalue weighted by atomic mass is 9.86. The summed E-state index contributed by atoms with van der Waals surface area (Å²) in [4.78, 5) is 8.19. The normalized spacial score (nSPS) is 11.1. The largest absolute Gasteiger partial charge is 0.382 e. The Morgan fingerprint density at radius 1 is 1.16 bits per heavy atom. The molecule has 1 heterocycles. The summed E-state index contributed by atoms with van der Waals surface area (Å²) in [6.45, 7) is 6.47. The molecule has 19 heavy (non-hydrogen) atoms. The Balaban J connectivity index is 2.49. The zero-order valence-corrected chi connectivity index (χ0v) is 11.3. The van der Waals surface area contributed by atoms with E-state index in [-0.39, 0.29) is 11.1 Å². The molecule has 4 nitrogen and oxygen atoms in total. The first-order chi connectivity index (χ1) is 8.91. The Morgan fingerprint density at radius 2 is 1.79 bits per heavy atom. The Bertz CT molecular complexity index is 631. The van der Waals surface area contributed by atoms with Gasteiger partial charge in [0, 0.05) is 5.56 Å². The van der Waals surface area contributed by atoms with Crippen molar-refractivity contribution >= 4 is 5.82 Å². The van der Waals surface area contributed by atoms with E-state index in [1.54, 1.807) is 0 Å². The second-order valence-electron chi connectivity index (χ2n) is 5.43. The fraction of sp³-hybridized carbons (Fsp3) is 0.267. The average Bonchev–Trinajstić information content (AvgIpc) is 2.38. The Labute approximate surface area is 112 Å². The van der Waals surface area contributed by atoms with Crippen molar-refractivity contribution < 1.29 is 0 Å². The van der Waals surface area contributed by atoms with Crippen LogP contribution in [0.4, 0.5) is 5.82 Å². The van der Waals surface area contributed by atoms with Gasteiger partial charge in [-0.1, -0.05) is 45.0 Å². The number of nitriles is 1. The molecule has 0 saturated carbocycles. The van der Waals surface area contributed by atoms with Crippen LogP contribution in [0.25, 0.3) is 11.3 Å². The second kappa shape index (κ2) is 4.69. The molecule has 4 heteroatoms. The summed E-state index contributed by atoms with van der Waals surface area (Å²) in [5.74, 6) is 0.314. The summed E-state index contributed by atoms with van der Waals surface area (Å²) >= 11 is 0. The third kappa shape index (κ3) is 2.71. The smallest absolute Gasteiger partial charge is 0.166 e. The zero-order valence-electron chi connectivity index (χ0n) is 11.3. The molecule has 1 aromatic carbocycles. The van der Waals surface area contributed by atoms with E-state index in [0.717, 1.165) is 5.56 Å². The number of rotatable bonds is 1. The van der Waals surface area contributed by atoms with Crippen molar-refractivity contribution in [1.82, 2.24) is 9.97 Å². The van der Waals surface area contributed by atoms with Crippen molar-refractivity contribution in [3.63, 3.8) is 0 Å². The topological polar surface area (TPSA) is 75.6 Å². The molecular weight excluding hydrogens is 236 g/mol. The van der Waals surface area contributed by atoms with Crippen molar-refractivity contribution in [2.75, 3.05) is 5.73 Å². The number of nitrogens with zero attached hydrogens (tertiary/aromatic N) is 3. The summed E-state index contributed by atoms with van der Waals surface area (Å²) in [6, 6.07) is 10.0. The van der Waals surface area contributed by atoms with Gasteiger partial charge in [0.05, 0.1) is 6.20 Å². The van der Waals surface area contributed by atoms with Gasteiger partial charge in [0.1, 0.15) is 17.6 Å². The predicted octanol–water partition coefficient (Wildman–Crippen LogP) is 2.89. The first-order valence-electron chi connectivity index (χ1n) is 6.05. The lowest BCUT2D eigenvalue weighted by molar-refractivity contribution is 0.590. The number of anilines is 1. The molecule has 0 aliphatic carbocycles. The van der Waals surface area contributed by atoms with E-state index in [1.807, 2.05) is 30.3 Å². The third-order valence-electron chi connectivity index (χ3n) is 2.92. The van der Waals surface area contributed by atoms with E-state index in [0.29, 0.717) is 11.5 Å². The maximum absolute atomic E-state index is 9.06. The van der Waals surface area contributed by atoms with E-state index in [1.165, 1.54) is 11.8 Å². The maximum atomic E-state index is 9.06. The van der Waals surface area contributed by atoms with Crippen LogP contribution in [0.15, 0.2) is 30.5 Å². The molecule has 0 saturated heterocycles. The summed E-state index contributed by atoms with van der Waals surface area (Å²) in [5.41, 5.74) is 8.63. The van der Waals surface area contributed by atoms with Gasteiger partial charge in [0.25, 0.3) is 0 Å². The molecule has 0 aliphatic rings. The van der Waals surface area contributed by atoms with Crippen LogP contribution < -0.4 is 5.73 Å². The molecule has 0 amide bonds. The van der Waals surface area contributed by atoms with Crippen LogP contribution in [-0.2, 0) is 5.41 Å². The van der Waals surface area contributed by atoms with Gasteiger partial charge in [0.2, 0.25) is 0 Å². The van der Waals surface area contributed by atoms with E-state index < -0.39 is 0 Å². The van der Waals surface area contributed by atoms with E-state index in [4.69, 9.17) is 11.0 Å². The molecule has 0 aliphatic heterocycles. The minimum Gasteiger partial charge on any atom is -0.382 e. The second-order valence-corrected chi connectivity index (χ2v) is 5.43. The minimum atomic E-state index is 0.0952. The first-order valence-corrected chi connectivity index (χ1v) is 6.05. The standard InChI is InChI=1S/C15H16N4/c1-15(2,3)11-6-4-10(5-7-11)14-12(8-16)18-9-13(17)19-14/h4-7,9H,1-3H3,(H2,17,19). The van der Waals surface area contributed by atoms with Crippen molar-refractivity contribution in [1.29, 1.82) is 5.26 Å². The summed E-state index contributed by atoms with van der Waals surface area (Å²) in [7, 11) is 0. The predicted molar refractivity (Wildman–Crippen MR) is 75.3 cm³/mol. The highest BCUT2D eigenvalue weighted by Crippen LogP contribution is 2.26. The number of benzene rings is 1. The van der Waals surface area contributed by atoms with Crippen LogP contribution in [0.3, 0.4) is 0 Å². The quantitative estimate of drug-likeness (QED) is 0.846. The molecule has 1 aromatic heterocycles. The van der Waals surface area contributed by atoms with E-state index in [9.17, 15) is 0 Å². The van der Waals surface area contributed by atoms with Gasteiger partial charge < -0.3 is 5.73 Å². The fourth-order valence-electron chi connectivity index (χ4n) is 1.81. The zero-order chi connectivity index (χ0) is 14.0. The number of nitrogens with two attached hydrogens (primary N) is 1. The van der Waals surface area contributed by atoms with E-state index in [2.05, 4.69) is 30.7 Å². The minimum absolute atomic E-state index is 0.0952. The van der Waals surface area contributed by atoms with Crippen LogP contribution in [-0.4, -0.2) is 9.97 Å². The number of nitrogen functional groups attached to an aromatic ring is 1. The molecule has 0 unspecified atom stereocenters. The molecular formula is C15H16N4. The van der Waals surface area contributed by atoms with Gasteiger partial charge in [-0.3, -0.25) is 0 Å². The highest BCUT2D eigenvalue weighted by molar-refractivity contribution is 5.66. The third-order valence-corrected chi connectivity index (χ3v) is 2.92. The molecule has 0 bridgehead atoms. The molecule has 0 spiro atoms. The highest BCUT2D eigenvalue weighted by Gasteiger charge is 2.14. The molecule has 2 aromatic rings. The Morgan fingerprint density at radius 3 is 2.32 bits per heavy atom. The fourth-order valence-corrected chi connectivity index (χ4v) is 1.81. The van der Waals surface area contributed by atoms with Crippen LogP contribution >= 0.6 is 0 Å². The molecule has 2 rings (SSSR count). The van der Waals surface area contributed by atoms with Crippen molar-refractivity contribution in [3.8, 4) is 17.3 Å². The van der Waals surface area contributed by atoms with Crippen molar-refractivity contribution in [2.45, 2.75) is 26.2 Å². The van der Waals surface area contributed by atoms with Gasteiger partial charge in [-0.2, -0.15) is 5.26 Å². The van der Waals surface area contributed by atoms with Crippen LogP contribution in [0.1, 0.15) is 32.0 Å². The average molecular weight is 252 g/mol. The van der Waals surface area contributed by atoms with Crippen LogP contribution in [0.2, 0.25) is 0 Å². The van der Waals surface area contributed by atoms with Gasteiger partial charge in [0.15, 0.2) is 5.69 Å². The number of aromatic nitrogens is 2. The number of hydrogen-bond donors (Lipinski definition) is 1. The van der Waals surface area contributed by atoms with Gasteiger partial charge in [-0.15, -0.1) is 0 Å². The highest BCUT2D eigenvalue weighted by atomic mass is 14.9. The first kappa shape index (κ1) is 13.0. The molecule has 0 atom stereocenters. The summed E-state index contributed by atoms with van der Waals surface area (Å²) in [5, 5.41) is 9.06. The van der Waals surface area contributed by atoms with Crippen molar-refractivity contribution in [2.24, 2.45) is 0 Å². The Hall–Kier alpha value is -2.41. The van der Waals surface area contributed by atoms with Crippen LogP contribution in [0, 0.1) is 11.3 Å². The van der Waals surface area contributed by atoms with Gasteiger partial charge in [-0.25, -0.2) is 9.97 Å². The Kier molecular flexibility index (Phi) is 3.22. The summed E-state index contributed by atoms with van der Waals surface area (Å²) < 4.78 is 0.